The molecule has 0 aliphatic carbocycles. The van der Waals surface area contributed by atoms with Gasteiger partial charge in [-0.3, -0.25) is 4.72 Å². The van der Waals surface area contributed by atoms with Crippen LogP contribution in [0.4, 0.5) is 11.4 Å². The zero-order chi connectivity index (χ0) is 17.7. The first-order valence-electron chi connectivity index (χ1n) is 7.68. The maximum Gasteiger partial charge on any atom is 0.261 e. The first-order valence-corrected chi connectivity index (χ1v) is 9.16. The van der Waals surface area contributed by atoms with Gasteiger partial charge in [0.1, 0.15) is 12.4 Å². The monoisotopic (exact) mass is 354 g/mol. The number of nitrogen functional groups attached to an aromatic ring is 1. The molecule has 0 spiro atoms. The molecule has 25 heavy (non-hydrogen) atoms. The van der Waals surface area contributed by atoms with Crippen LogP contribution >= 0.6 is 0 Å². The van der Waals surface area contributed by atoms with Gasteiger partial charge in [-0.1, -0.05) is 30.3 Å². The highest BCUT2D eigenvalue weighted by atomic mass is 32.2. The van der Waals surface area contributed by atoms with Crippen molar-refractivity contribution in [2.45, 2.75) is 11.5 Å². The van der Waals surface area contributed by atoms with Crippen molar-refractivity contribution < 1.29 is 13.2 Å². The molecule has 3 rings (SSSR count). The molecule has 0 fully saturated rings. The van der Waals surface area contributed by atoms with Gasteiger partial charge in [-0.2, -0.15) is 0 Å². The van der Waals surface area contributed by atoms with Crippen LogP contribution in [0.3, 0.4) is 0 Å². The lowest BCUT2D eigenvalue weighted by atomic mass is 10.2. The van der Waals surface area contributed by atoms with Crippen molar-refractivity contribution in [3.05, 3.63) is 84.4 Å². The van der Waals surface area contributed by atoms with E-state index in [9.17, 15) is 8.42 Å². The van der Waals surface area contributed by atoms with E-state index >= 15 is 0 Å². The van der Waals surface area contributed by atoms with Crippen LogP contribution in [0.5, 0.6) is 5.75 Å². The molecule has 0 atom stereocenters. The molecule has 0 aliphatic rings. The molecule has 5 nitrogen and oxygen atoms in total. The Morgan fingerprint density at radius 3 is 2.12 bits per heavy atom. The molecule has 0 amide bonds. The summed E-state index contributed by atoms with van der Waals surface area (Å²) in [6, 6.07) is 22.6. The van der Waals surface area contributed by atoms with E-state index in [1.54, 1.807) is 36.4 Å². The molecule has 0 saturated heterocycles. The number of nitrogens with two attached hydrogens (primary N) is 1. The second-order valence-corrected chi connectivity index (χ2v) is 7.16. The molecule has 0 bridgehead atoms. The Bertz CT molecular complexity index is 923. The second-order valence-electron chi connectivity index (χ2n) is 5.47. The fourth-order valence-corrected chi connectivity index (χ4v) is 3.28. The zero-order valence-corrected chi connectivity index (χ0v) is 14.2. The van der Waals surface area contributed by atoms with Gasteiger partial charge >= 0.3 is 0 Å². The third kappa shape index (κ3) is 4.51. The number of hydrogen-bond acceptors (Lipinski definition) is 4. The SMILES string of the molecule is Nc1ccc(S(=O)(=O)Nc2ccc(OCc3ccccc3)cc2)cc1. The lowest BCUT2D eigenvalue weighted by Gasteiger charge is -2.10. The third-order valence-electron chi connectivity index (χ3n) is 3.55. The van der Waals surface area contributed by atoms with Gasteiger partial charge in [-0.05, 0) is 54.1 Å². The summed E-state index contributed by atoms with van der Waals surface area (Å²) in [4.78, 5) is 0.158. The topological polar surface area (TPSA) is 81.4 Å². The van der Waals surface area contributed by atoms with Crippen LogP contribution in [0.25, 0.3) is 0 Å². The fourth-order valence-electron chi connectivity index (χ4n) is 2.22. The van der Waals surface area contributed by atoms with Gasteiger partial charge in [0.05, 0.1) is 4.90 Å². The van der Waals surface area contributed by atoms with Crippen LogP contribution in [-0.4, -0.2) is 8.42 Å². The van der Waals surface area contributed by atoms with Gasteiger partial charge in [0.2, 0.25) is 0 Å². The van der Waals surface area contributed by atoms with Crippen molar-refractivity contribution in [3.8, 4) is 5.75 Å². The molecule has 128 valence electrons. The standard InChI is InChI=1S/C19H18N2O3S/c20-16-6-12-19(13-7-16)25(22,23)21-17-8-10-18(11-9-17)24-14-15-4-2-1-3-5-15/h1-13,21H,14,20H2. The molecule has 3 aromatic carbocycles. The van der Waals surface area contributed by atoms with Crippen molar-refractivity contribution >= 4 is 21.4 Å². The predicted molar refractivity (Wildman–Crippen MR) is 98.9 cm³/mol. The Morgan fingerprint density at radius 1 is 0.840 bits per heavy atom. The summed E-state index contributed by atoms with van der Waals surface area (Å²) in [7, 11) is -3.64. The first-order chi connectivity index (χ1) is 12.0. The molecule has 0 aliphatic heterocycles. The Labute approximate surface area is 147 Å². The summed E-state index contributed by atoms with van der Waals surface area (Å²) in [5, 5.41) is 0. The Kier molecular flexibility index (Phi) is 4.90. The van der Waals surface area contributed by atoms with Crippen LogP contribution < -0.4 is 15.2 Å². The molecule has 0 radical (unpaired) electrons. The molecule has 6 heteroatoms. The minimum absolute atomic E-state index is 0.158. The minimum Gasteiger partial charge on any atom is -0.489 e. The molecule has 3 aromatic rings. The number of hydrogen-bond donors (Lipinski definition) is 2. The Hall–Kier alpha value is -2.99. The highest BCUT2D eigenvalue weighted by molar-refractivity contribution is 7.92. The average molecular weight is 354 g/mol. The molecule has 0 aromatic heterocycles. The number of rotatable bonds is 6. The summed E-state index contributed by atoms with van der Waals surface area (Å²) >= 11 is 0. The molecule has 0 saturated carbocycles. The maximum atomic E-state index is 12.3. The fraction of sp³-hybridized carbons (Fsp3) is 0.0526. The normalized spacial score (nSPS) is 11.0. The van der Waals surface area contributed by atoms with E-state index < -0.39 is 10.0 Å². The van der Waals surface area contributed by atoms with Crippen LogP contribution in [-0.2, 0) is 16.6 Å². The Morgan fingerprint density at radius 2 is 1.48 bits per heavy atom. The predicted octanol–water partition coefficient (Wildman–Crippen LogP) is 3.65. The van der Waals surface area contributed by atoms with Crippen molar-refractivity contribution in [2.75, 3.05) is 10.5 Å². The quantitative estimate of drug-likeness (QED) is 0.662. The van der Waals surface area contributed by atoms with Crippen molar-refractivity contribution in [1.82, 2.24) is 0 Å². The number of sulfonamides is 1. The number of benzene rings is 3. The lowest BCUT2D eigenvalue weighted by molar-refractivity contribution is 0.306. The van der Waals surface area contributed by atoms with Crippen LogP contribution in [0.2, 0.25) is 0 Å². The summed E-state index contributed by atoms with van der Waals surface area (Å²) < 4.78 is 32.9. The van der Waals surface area contributed by atoms with E-state index in [0.29, 0.717) is 23.7 Å². The van der Waals surface area contributed by atoms with Gasteiger partial charge in [0.25, 0.3) is 10.0 Å². The van der Waals surface area contributed by atoms with E-state index in [0.717, 1.165) is 5.56 Å². The summed E-state index contributed by atoms with van der Waals surface area (Å²) in [5.41, 5.74) is 7.62. The number of anilines is 2. The van der Waals surface area contributed by atoms with Gasteiger partial charge in [0, 0.05) is 11.4 Å². The molecular formula is C19H18N2O3S. The second kappa shape index (κ2) is 7.27. The average Bonchev–Trinajstić information content (AvgIpc) is 2.62. The molecule has 0 heterocycles. The zero-order valence-electron chi connectivity index (χ0n) is 13.4. The summed E-state index contributed by atoms with van der Waals surface area (Å²) in [5.74, 6) is 0.666. The van der Waals surface area contributed by atoms with Crippen molar-refractivity contribution in [1.29, 1.82) is 0 Å². The first kappa shape index (κ1) is 16.9. The van der Waals surface area contributed by atoms with E-state index in [-0.39, 0.29) is 4.90 Å². The van der Waals surface area contributed by atoms with Crippen LogP contribution in [0.1, 0.15) is 5.56 Å². The minimum atomic E-state index is -3.64. The summed E-state index contributed by atoms with van der Waals surface area (Å²) in [6.07, 6.45) is 0. The van der Waals surface area contributed by atoms with E-state index in [1.165, 1.54) is 12.1 Å². The summed E-state index contributed by atoms with van der Waals surface area (Å²) in [6.45, 7) is 0.456. The Balaban J connectivity index is 1.65. The number of ether oxygens (including phenoxy) is 1. The third-order valence-corrected chi connectivity index (χ3v) is 4.94. The molecule has 0 unspecified atom stereocenters. The highest BCUT2D eigenvalue weighted by Gasteiger charge is 2.13. The van der Waals surface area contributed by atoms with Crippen molar-refractivity contribution in [3.63, 3.8) is 0 Å². The van der Waals surface area contributed by atoms with E-state index in [4.69, 9.17) is 10.5 Å². The van der Waals surface area contributed by atoms with E-state index in [1.807, 2.05) is 30.3 Å². The van der Waals surface area contributed by atoms with Gasteiger partial charge < -0.3 is 10.5 Å². The largest absolute Gasteiger partial charge is 0.489 e. The molecular weight excluding hydrogens is 336 g/mol. The van der Waals surface area contributed by atoms with Crippen LogP contribution in [0, 0.1) is 0 Å². The van der Waals surface area contributed by atoms with Gasteiger partial charge in [-0.25, -0.2) is 8.42 Å². The van der Waals surface area contributed by atoms with E-state index in [2.05, 4.69) is 4.72 Å². The van der Waals surface area contributed by atoms with Gasteiger partial charge in [-0.15, -0.1) is 0 Å². The van der Waals surface area contributed by atoms with Crippen LogP contribution in [0.15, 0.2) is 83.8 Å². The van der Waals surface area contributed by atoms with Gasteiger partial charge in [0.15, 0.2) is 0 Å². The number of nitrogens with one attached hydrogen (secondary N) is 1. The maximum absolute atomic E-state index is 12.3. The highest BCUT2D eigenvalue weighted by Crippen LogP contribution is 2.20. The smallest absolute Gasteiger partial charge is 0.261 e. The lowest BCUT2D eigenvalue weighted by Crippen LogP contribution is -2.12. The molecule has 3 N–H and O–H groups in total. The van der Waals surface area contributed by atoms with Crippen molar-refractivity contribution in [2.24, 2.45) is 0 Å².